The first-order valence-electron chi connectivity index (χ1n) is 2.57. The van der Waals surface area contributed by atoms with Crippen molar-refractivity contribution < 1.29 is 4.52 Å². The van der Waals surface area contributed by atoms with Gasteiger partial charge in [0.1, 0.15) is 6.26 Å². The summed E-state index contributed by atoms with van der Waals surface area (Å²) in [5, 5.41) is 6.60. The van der Waals surface area contributed by atoms with Gasteiger partial charge >= 0.3 is 0 Å². The van der Waals surface area contributed by atoms with Gasteiger partial charge in [-0.05, 0) is 6.92 Å². The molecule has 0 spiro atoms. The lowest BCUT2D eigenvalue weighted by molar-refractivity contribution is 0.422. The molecule has 0 fully saturated rings. The molecule has 3 nitrogen and oxygen atoms in total. The van der Waals surface area contributed by atoms with Crippen molar-refractivity contribution in [1.29, 1.82) is 0 Å². The summed E-state index contributed by atoms with van der Waals surface area (Å²) in [6.07, 6.45) is 1.54. The zero-order chi connectivity index (χ0) is 5.82. The summed E-state index contributed by atoms with van der Waals surface area (Å²) in [5.74, 6) is 0.799. The Labute approximate surface area is 59.8 Å². The molecule has 0 saturated carbocycles. The van der Waals surface area contributed by atoms with Crippen molar-refractivity contribution in [3.63, 3.8) is 0 Å². The molecule has 0 aliphatic rings. The number of aromatic nitrogens is 1. The van der Waals surface area contributed by atoms with E-state index in [9.17, 15) is 0 Å². The summed E-state index contributed by atoms with van der Waals surface area (Å²) in [6, 6.07) is 1.78. The Balaban J connectivity index is 0.000000640. The van der Waals surface area contributed by atoms with E-state index in [2.05, 4.69) is 15.0 Å². The highest BCUT2D eigenvalue weighted by atomic mass is 35.5. The largest absolute Gasteiger partial charge is 0.368 e. The molecule has 0 aromatic carbocycles. The summed E-state index contributed by atoms with van der Waals surface area (Å²) in [7, 11) is 0. The van der Waals surface area contributed by atoms with Crippen LogP contribution in [-0.4, -0.2) is 11.7 Å². The third kappa shape index (κ3) is 2.37. The maximum Gasteiger partial charge on any atom is 0.169 e. The quantitative estimate of drug-likeness (QED) is 0.691. The molecule has 1 rings (SSSR count). The number of anilines is 1. The molecule has 0 radical (unpaired) electrons. The zero-order valence-electron chi connectivity index (χ0n) is 5.13. The first kappa shape index (κ1) is 8.30. The molecule has 1 aromatic heterocycles. The van der Waals surface area contributed by atoms with Crippen LogP contribution in [0, 0.1) is 0 Å². The van der Waals surface area contributed by atoms with Crippen LogP contribution in [-0.2, 0) is 0 Å². The van der Waals surface area contributed by atoms with E-state index < -0.39 is 0 Å². The molecular formula is C5H9ClN2O. The number of hydrogen-bond acceptors (Lipinski definition) is 3. The predicted molar refractivity (Wildman–Crippen MR) is 37.9 cm³/mol. The highest BCUT2D eigenvalue weighted by molar-refractivity contribution is 5.85. The second-order valence-electron chi connectivity index (χ2n) is 1.42. The zero-order valence-corrected chi connectivity index (χ0v) is 5.94. The Bertz CT molecular complexity index is 141. The molecular weight excluding hydrogens is 140 g/mol. The monoisotopic (exact) mass is 148 g/mol. The number of nitrogens with one attached hydrogen (secondary N) is 1. The second kappa shape index (κ2) is 4.21. The average Bonchev–Trinajstić information content (AvgIpc) is 2.19. The van der Waals surface area contributed by atoms with E-state index in [1.165, 1.54) is 6.26 Å². The first-order chi connectivity index (χ1) is 3.93. The topological polar surface area (TPSA) is 38.1 Å². The van der Waals surface area contributed by atoms with E-state index in [4.69, 9.17) is 0 Å². The molecule has 1 aromatic rings. The van der Waals surface area contributed by atoms with Crippen molar-refractivity contribution >= 4 is 18.2 Å². The lowest BCUT2D eigenvalue weighted by atomic mass is 10.6. The Morgan fingerprint density at radius 1 is 1.78 bits per heavy atom. The van der Waals surface area contributed by atoms with Crippen LogP contribution in [0.25, 0.3) is 0 Å². The molecule has 0 amide bonds. The fourth-order valence-electron chi connectivity index (χ4n) is 0.485. The summed E-state index contributed by atoms with van der Waals surface area (Å²) in [6.45, 7) is 2.89. The van der Waals surface area contributed by atoms with E-state index in [1.807, 2.05) is 6.92 Å². The van der Waals surface area contributed by atoms with Crippen molar-refractivity contribution in [2.45, 2.75) is 6.92 Å². The van der Waals surface area contributed by atoms with Crippen LogP contribution < -0.4 is 5.32 Å². The van der Waals surface area contributed by atoms with Crippen molar-refractivity contribution in [3.05, 3.63) is 12.3 Å². The molecule has 1 N–H and O–H groups in total. The first-order valence-corrected chi connectivity index (χ1v) is 2.57. The smallest absolute Gasteiger partial charge is 0.169 e. The fraction of sp³-hybridized carbons (Fsp3) is 0.400. The van der Waals surface area contributed by atoms with E-state index >= 15 is 0 Å². The maximum atomic E-state index is 4.55. The van der Waals surface area contributed by atoms with Gasteiger partial charge in [0.05, 0.1) is 0 Å². The molecule has 1 heterocycles. The van der Waals surface area contributed by atoms with Crippen LogP contribution in [0.5, 0.6) is 0 Å². The summed E-state index contributed by atoms with van der Waals surface area (Å²) < 4.78 is 4.55. The predicted octanol–water partition coefficient (Wildman–Crippen LogP) is 1.53. The third-order valence-corrected chi connectivity index (χ3v) is 0.796. The van der Waals surface area contributed by atoms with Gasteiger partial charge in [-0.15, -0.1) is 12.4 Å². The molecule has 0 aliphatic carbocycles. The van der Waals surface area contributed by atoms with Crippen LogP contribution >= 0.6 is 12.4 Å². The van der Waals surface area contributed by atoms with Crippen molar-refractivity contribution in [1.82, 2.24) is 5.16 Å². The van der Waals surface area contributed by atoms with Gasteiger partial charge in [0.25, 0.3) is 0 Å². The number of nitrogens with zero attached hydrogens (tertiary/aromatic N) is 1. The fourth-order valence-corrected chi connectivity index (χ4v) is 0.485. The van der Waals surface area contributed by atoms with Crippen LogP contribution in [0.4, 0.5) is 5.82 Å². The normalized spacial score (nSPS) is 8.11. The van der Waals surface area contributed by atoms with E-state index in [0.29, 0.717) is 0 Å². The van der Waals surface area contributed by atoms with E-state index in [-0.39, 0.29) is 12.4 Å². The van der Waals surface area contributed by atoms with E-state index in [1.54, 1.807) is 6.07 Å². The van der Waals surface area contributed by atoms with Crippen molar-refractivity contribution in [2.75, 3.05) is 11.9 Å². The standard InChI is InChI=1S/C5H8N2O.ClH/c1-2-6-5-3-4-8-7-5;/h3-4H,2H2,1H3,(H,6,7);1H. The Kier molecular flexibility index (Phi) is 3.88. The lowest BCUT2D eigenvalue weighted by Gasteiger charge is -1.90. The van der Waals surface area contributed by atoms with Gasteiger partial charge in [0, 0.05) is 12.6 Å². The number of halogens is 1. The molecule has 0 aliphatic heterocycles. The van der Waals surface area contributed by atoms with Crippen LogP contribution in [0.3, 0.4) is 0 Å². The van der Waals surface area contributed by atoms with Gasteiger partial charge in [-0.3, -0.25) is 0 Å². The third-order valence-electron chi connectivity index (χ3n) is 0.796. The summed E-state index contributed by atoms with van der Waals surface area (Å²) in [5.41, 5.74) is 0. The summed E-state index contributed by atoms with van der Waals surface area (Å²) >= 11 is 0. The minimum Gasteiger partial charge on any atom is -0.368 e. The van der Waals surface area contributed by atoms with Crippen molar-refractivity contribution in [3.8, 4) is 0 Å². The minimum atomic E-state index is 0. The Morgan fingerprint density at radius 2 is 2.56 bits per heavy atom. The Morgan fingerprint density at radius 3 is 3.00 bits per heavy atom. The van der Waals surface area contributed by atoms with Gasteiger partial charge in [-0.1, -0.05) is 5.16 Å². The molecule has 52 valence electrons. The van der Waals surface area contributed by atoms with Crippen LogP contribution in [0.15, 0.2) is 16.9 Å². The SMILES string of the molecule is CCNc1ccon1.Cl. The van der Waals surface area contributed by atoms with Crippen molar-refractivity contribution in [2.24, 2.45) is 0 Å². The van der Waals surface area contributed by atoms with Crippen LogP contribution in [0.1, 0.15) is 6.92 Å². The molecule has 0 saturated heterocycles. The molecule has 9 heavy (non-hydrogen) atoms. The van der Waals surface area contributed by atoms with E-state index in [0.717, 1.165) is 12.4 Å². The highest BCUT2D eigenvalue weighted by Crippen LogP contribution is 1.98. The molecule has 0 bridgehead atoms. The average molecular weight is 149 g/mol. The molecule has 0 atom stereocenters. The number of hydrogen-bond donors (Lipinski definition) is 1. The highest BCUT2D eigenvalue weighted by Gasteiger charge is 1.87. The molecule has 4 heteroatoms. The summed E-state index contributed by atoms with van der Waals surface area (Å²) in [4.78, 5) is 0. The molecule has 0 unspecified atom stereocenters. The van der Waals surface area contributed by atoms with Gasteiger partial charge in [0.2, 0.25) is 0 Å². The second-order valence-corrected chi connectivity index (χ2v) is 1.42. The lowest BCUT2D eigenvalue weighted by Crippen LogP contribution is -1.95. The Hall–Kier alpha value is -0.700. The van der Waals surface area contributed by atoms with Crippen LogP contribution in [0.2, 0.25) is 0 Å². The van der Waals surface area contributed by atoms with Gasteiger partial charge < -0.3 is 9.84 Å². The van der Waals surface area contributed by atoms with Gasteiger partial charge in [-0.2, -0.15) is 0 Å². The van der Waals surface area contributed by atoms with Gasteiger partial charge in [0.15, 0.2) is 5.82 Å². The number of rotatable bonds is 2. The minimum absolute atomic E-state index is 0. The maximum absolute atomic E-state index is 4.55. The van der Waals surface area contributed by atoms with Gasteiger partial charge in [-0.25, -0.2) is 0 Å².